The molecule has 0 saturated heterocycles. The van der Waals surface area contributed by atoms with E-state index >= 15 is 0 Å². The van der Waals surface area contributed by atoms with Gasteiger partial charge in [-0.05, 0) is 49.2 Å². The first-order valence-electron chi connectivity index (χ1n) is 6.70. The van der Waals surface area contributed by atoms with Gasteiger partial charge in [0.25, 0.3) is 0 Å². The number of hydrogen-bond acceptors (Lipinski definition) is 4. The molecule has 2 atom stereocenters. The summed E-state index contributed by atoms with van der Waals surface area (Å²) in [4.78, 5) is 16.0. The van der Waals surface area contributed by atoms with Crippen LogP contribution < -0.4 is 5.73 Å². The van der Waals surface area contributed by atoms with Crippen molar-refractivity contribution in [1.29, 1.82) is 0 Å². The monoisotopic (exact) mass is 291 g/mol. The number of carbonyl (C=O) groups is 1. The maximum absolute atomic E-state index is 11.7. The van der Waals surface area contributed by atoms with Gasteiger partial charge in [0.05, 0.1) is 5.69 Å². The van der Waals surface area contributed by atoms with Gasteiger partial charge < -0.3 is 10.8 Å². The molecule has 3 rings (SSSR count). The Labute approximate surface area is 121 Å². The summed E-state index contributed by atoms with van der Waals surface area (Å²) in [6, 6.07) is 3.95. The van der Waals surface area contributed by atoms with Crippen LogP contribution in [0.3, 0.4) is 0 Å². The summed E-state index contributed by atoms with van der Waals surface area (Å²) in [5.41, 5.74) is 5.38. The minimum absolute atomic E-state index is 0.162. The van der Waals surface area contributed by atoms with Crippen LogP contribution in [0.15, 0.2) is 30.0 Å². The van der Waals surface area contributed by atoms with Crippen molar-refractivity contribution in [3.63, 3.8) is 0 Å². The zero-order valence-corrected chi connectivity index (χ0v) is 11.8. The first-order chi connectivity index (χ1) is 9.68. The van der Waals surface area contributed by atoms with Crippen molar-refractivity contribution < 1.29 is 9.90 Å². The van der Waals surface area contributed by atoms with Gasteiger partial charge in [-0.2, -0.15) is 0 Å². The van der Waals surface area contributed by atoms with Gasteiger partial charge in [0.1, 0.15) is 16.7 Å². The smallest absolute Gasteiger partial charge is 0.316 e. The zero-order chi connectivity index (χ0) is 14.2. The summed E-state index contributed by atoms with van der Waals surface area (Å²) in [6.45, 7) is 0.607. The Hall–Kier alpha value is -1.66. The van der Waals surface area contributed by atoms with Gasteiger partial charge in [-0.1, -0.05) is 0 Å². The van der Waals surface area contributed by atoms with E-state index in [1.54, 1.807) is 17.7 Å². The van der Waals surface area contributed by atoms with Crippen LogP contribution in [0.2, 0.25) is 0 Å². The first kappa shape index (κ1) is 13.3. The molecule has 1 saturated carbocycles. The van der Waals surface area contributed by atoms with Crippen LogP contribution in [0.4, 0.5) is 0 Å². The van der Waals surface area contributed by atoms with Gasteiger partial charge >= 0.3 is 5.97 Å². The average molecular weight is 291 g/mol. The van der Waals surface area contributed by atoms with Crippen LogP contribution in [0, 0.1) is 5.92 Å². The molecule has 0 aliphatic heterocycles. The van der Waals surface area contributed by atoms with E-state index in [2.05, 4.69) is 4.98 Å². The third kappa shape index (κ3) is 2.05. The summed E-state index contributed by atoms with van der Waals surface area (Å²) in [6.07, 6.45) is 5.94. The van der Waals surface area contributed by atoms with Gasteiger partial charge in [-0.3, -0.25) is 9.36 Å². The maximum Gasteiger partial charge on any atom is 0.316 e. The molecular formula is C14H17N3O2S. The Morgan fingerprint density at radius 3 is 3.15 bits per heavy atom. The predicted octanol–water partition coefficient (Wildman–Crippen LogP) is 2.01. The second-order valence-corrected chi connectivity index (χ2v) is 6.15. The molecule has 3 N–H and O–H groups in total. The lowest BCUT2D eigenvalue weighted by Crippen LogP contribution is -2.23. The number of carboxylic acid groups (broad SMARTS) is 1. The minimum atomic E-state index is -0.794. The lowest BCUT2D eigenvalue weighted by atomic mass is 9.98. The van der Waals surface area contributed by atoms with Crippen molar-refractivity contribution in [2.75, 3.05) is 6.54 Å². The Balaban J connectivity index is 1.85. The van der Waals surface area contributed by atoms with E-state index in [0.717, 1.165) is 17.8 Å². The highest BCUT2D eigenvalue weighted by Crippen LogP contribution is 2.56. The summed E-state index contributed by atoms with van der Waals surface area (Å²) in [5.74, 6) is -0.605. The molecule has 0 spiro atoms. The molecule has 1 aliphatic carbocycles. The van der Waals surface area contributed by atoms with Crippen LogP contribution in [-0.4, -0.2) is 27.2 Å². The molecule has 5 nitrogen and oxygen atoms in total. The molecule has 6 heteroatoms. The van der Waals surface area contributed by atoms with Gasteiger partial charge in [0, 0.05) is 6.20 Å². The normalized spacial score (nSPS) is 24.8. The highest BCUT2D eigenvalue weighted by atomic mass is 32.1. The van der Waals surface area contributed by atoms with Crippen LogP contribution >= 0.6 is 11.3 Å². The van der Waals surface area contributed by atoms with Crippen molar-refractivity contribution in [2.24, 2.45) is 11.7 Å². The Kier molecular flexibility index (Phi) is 3.35. The Bertz CT molecular complexity index is 608. The van der Waals surface area contributed by atoms with Gasteiger partial charge in [0.2, 0.25) is 0 Å². The van der Waals surface area contributed by atoms with Crippen molar-refractivity contribution in [1.82, 2.24) is 9.55 Å². The number of nitrogens with zero attached hydrogens (tertiary/aromatic N) is 2. The second kappa shape index (κ2) is 5.03. The molecule has 1 aliphatic rings. The van der Waals surface area contributed by atoms with Crippen molar-refractivity contribution in [2.45, 2.75) is 24.7 Å². The summed E-state index contributed by atoms with van der Waals surface area (Å²) in [7, 11) is 0. The third-order valence-electron chi connectivity index (χ3n) is 4.04. The van der Waals surface area contributed by atoms with E-state index in [1.165, 1.54) is 0 Å². The van der Waals surface area contributed by atoms with E-state index in [4.69, 9.17) is 5.73 Å². The maximum atomic E-state index is 11.7. The number of imidazole rings is 1. The highest BCUT2D eigenvalue weighted by Gasteiger charge is 2.62. The van der Waals surface area contributed by atoms with Gasteiger partial charge in [0.15, 0.2) is 0 Å². The lowest BCUT2D eigenvalue weighted by molar-refractivity contribution is -0.140. The quantitative estimate of drug-likeness (QED) is 0.853. The van der Waals surface area contributed by atoms with Crippen LogP contribution in [-0.2, 0) is 10.2 Å². The number of carboxylic acids is 1. The van der Waals surface area contributed by atoms with Crippen LogP contribution in [0.5, 0.6) is 0 Å². The molecule has 20 heavy (non-hydrogen) atoms. The number of thiophene rings is 1. The van der Waals surface area contributed by atoms with E-state index in [9.17, 15) is 9.90 Å². The van der Waals surface area contributed by atoms with Crippen LogP contribution in [0.1, 0.15) is 25.0 Å². The van der Waals surface area contributed by atoms with Gasteiger partial charge in [-0.15, -0.1) is 11.3 Å². The number of nitrogens with two attached hydrogens (primary N) is 1. The van der Waals surface area contributed by atoms with Crippen molar-refractivity contribution >= 4 is 17.3 Å². The van der Waals surface area contributed by atoms with E-state index < -0.39 is 11.4 Å². The summed E-state index contributed by atoms with van der Waals surface area (Å²) in [5, 5.41) is 12.6. The van der Waals surface area contributed by atoms with Gasteiger partial charge in [-0.25, -0.2) is 4.98 Å². The minimum Gasteiger partial charge on any atom is -0.481 e. The molecule has 2 heterocycles. The lowest BCUT2D eigenvalue weighted by Gasteiger charge is -2.09. The zero-order valence-electron chi connectivity index (χ0n) is 11.0. The number of hydrogen-bond donors (Lipinski definition) is 2. The molecule has 2 aromatic rings. The molecular weight excluding hydrogens is 274 g/mol. The SMILES string of the molecule is NCCCC1CC1(C(=O)O)c1cn(-c2cccs2)cn1. The Morgan fingerprint density at radius 2 is 2.50 bits per heavy atom. The fraction of sp³-hybridized carbons (Fsp3) is 0.429. The Morgan fingerprint density at radius 1 is 1.65 bits per heavy atom. The second-order valence-electron chi connectivity index (χ2n) is 5.23. The fourth-order valence-electron chi connectivity index (χ4n) is 2.82. The summed E-state index contributed by atoms with van der Waals surface area (Å²) < 4.78 is 1.89. The number of aliphatic carboxylic acids is 1. The molecule has 0 radical (unpaired) electrons. The van der Waals surface area contributed by atoms with Crippen molar-refractivity contribution in [3.05, 3.63) is 35.7 Å². The number of rotatable bonds is 6. The van der Waals surface area contributed by atoms with Crippen molar-refractivity contribution in [3.8, 4) is 5.00 Å². The molecule has 106 valence electrons. The van der Waals surface area contributed by atoms with Crippen LogP contribution in [0.25, 0.3) is 5.00 Å². The molecule has 0 aromatic carbocycles. The highest BCUT2D eigenvalue weighted by molar-refractivity contribution is 7.12. The standard InChI is InChI=1S/C14H17N3O2S/c15-5-1-3-10-7-14(10,13(18)19)11-8-17(9-16-11)12-4-2-6-20-12/h2,4,6,8-10H,1,3,5,7,15H2,(H,18,19). The molecule has 2 aromatic heterocycles. The predicted molar refractivity (Wildman–Crippen MR) is 77.2 cm³/mol. The third-order valence-corrected chi connectivity index (χ3v) is 4.93. The molecule has 1 fully saturated rings. The topological polar surface area (TPSA) is 81.1 Å². The number of aromatic nitrogens is 2. The largest absolute Gasteiger partial charge is 0.481 e. The van der Waals surface area contributed by atoms with E-state index in [-0.39, 0.29) is 5.92 Å². The molecule has 0 bridgehead atoms. The molecule has 0 amide bonds. The first-order valence-corrected chi connectivity index (χ1v) is 7.58. The average Bonchev–Trinajstić information content (AvgIpc) is 2.87. The van der Waals surface area contributed by atoms with E-state index in [0.29, 0.717) is 18.7 Å². The summed E-state index contributed by atoms with van der Waals surface area (Å²) >= 11 is 1.60. The fourth-order valence-corrected chi connectivity index (χ4v) is 3.49. The van der Waals surface area contributed by atoms with E-state index in [1.807, 2.05) is 28.3 Å². The molecule has 2 unspecified atom stereocenters.